The number of rotatable bonds is 9. The monoisotopic (exact) mass is 281 g/mol. The van der Waals surface area contributed by atoms with Crippen LogP contribution in [0, 0.1) is 0 Å². The molecule has 1 atom stereocenters. The molecule has 0 radical (unpaired) electrons. The number of unbranched alkanes of at least 4 members (excludes halogenated alkanes) is 1. The summed E-state index contributed by atoms with van der Waals surface area (Å²) in [5.74, 6) is 1.43. The number of hydrogen-bond donors (Lipinski definition) is 1. The largest absolute Gasteiger partial charge is 0.497 e. The maximum Gasteiger partial charge on any atom is 0.124 e. The van der Waals surface area contributed by atoms with E-state index in [9.17, 15) is 5.11 Å². The third kappa shape index (κ3) is 4.69. The molecule has 0 aliphatic rings. The van der Waals surface area contributed by atoms with Gasteiger partial charge in [-0.15, -0.1) is 0 Å². The van der Waals surface area contributed by atoms with Crippen molar-refractivity contribution in [2.75, 3.05) is 33.9 Å². The normalized spacial score (nSPS) is 12.5. The van der Waals surface area contributed by atoms with Gasteiger partial charge in [0, 0.05) is 12.1 Å². The molecule has 114 valence electrons. The molecule has 1 unspecified atom stereocenters. The summed E-state index contributed by atoms with van der Waals surface area (Å²) in [6.07, 6.45) is 1.74. The number of aliphatic hydroxyl groups excluding tert-OH is 1. The number of nitrogens with zero attached hydrogens (tertiary/aromatic N) is 1. The highest BCUT2D eigenvalue weighted by Crippen LogP contribution is 2.29. The number of methoxy groups -OCH3 is 2. The lowest BCUT2D eigenvalue weighted by Crippen LogP contribution is -2.29. The van der Waals surface area contributed by atoms with E-state index in [1.165, 1.54) is 0 Å². The van der Waals surface area contributed by atoms with Gasteiger partial charge in [0.2, 0.25) is 0 Å². The van der Waals surface area contributed by atoms with E-state index in [0.29, 0.717) is 12.3 Å². The average molecular weight is 281 g/mol. The molecule has 0 saturated carbocycles. The van der Waals surface area contributed by atoms with Crippen LogP contribution in [-0.2, 0) is 0 Å². The van der Waals surface area contributed by atoms with Crippen LogP contribution in [0.15, 0.2) is 18.2 Å². The van der Waals surface area contributed by atoms with Crippen LogP contribution in [0.4, 0.5) is 0 Å². The predicted octanol–water partition coefficient (Wildman–Crippen LogP) is 2.86. The van der Waals surface area contributed by atoms with E-state index in [-0.39, 0.29) is 0 Å². The minimum atomic E-state index is -0.572. The molecular formula is C16H27NO3. The second-order valence-electron chi connectivity index (χ2n) is 4.87. The Kier molecular flexibility index (Phi) is 7.41. The van der Waals surface area contributed by atoms with E-state index in [4.69, 9.17) is 9.47 Å². The second-order valence-corrected chi connectivity index (χ2v) is 4.87. The van der Waals surface area contributed by atoms with Crippen molar-refractivity contribution in [3.63, 3.8) is 0 Å². The Bertz CT molecular complexity index is 395. The third-order valence-electron chi connectivity index (χ3n) is 3.50. The molecule has 1 aromatic carbocycles. The molecule has 0 fully saturated rings. The second kappa shape index (κ2) is 8.82. The molecule has 20 heavy (non-hydrogen) atoms. The molecule has 0 aliphatic heterocycles. The van der Waals surface area contributed by atoms with Crippen LogP contribution in [0.1, 0.15) is 38.4 Å². The van der Waals surface area contributed by atoms with E-state index >= 15 is 0 Å². The fourth-order valence-corrected chi connectivity index (χ4v) is 2.20. The Morgan fingerprint density at radius 1 is 1.20 bits per heavy atom. The van der Waals surface area contributed by atoms with Crippen molar-refractivity contribution in [1.82, 2.24) is 4.90 Å². The minimum Gasteiger partial charge on any atom is -0.497 e. The summed E-state index contributed by atoms with van der Waals surface area (Å²) in [7, 11) is 3.24. The summed E-state index contributed by atoms with van der Waals surface area (Å²) in [6, 6.07) is 5.51. The van der Waals surface area contributed by atoms with Gasteiger partial charge in [0.25, 0.3) is 0 Å². The zero-order valence-electron chi connectivity index (χ0n) is 13.1. The summed E-state index contributed by atoms with van der Waals surface area (Å²) >= 11 is 0. The molecule has 0 bridgehead atoms. The number of hydrogen-bond acceptors (Lipinski definition) is 4. The lowest BCUT2D eigenvalue weighted by Gasteiger charge is -2.24. The first-order valence-electron chi connectivity index (χ1n) is 7.28. The highest BCUT2D eigenvalue weighted by atomic mass is 16.5. The van der Waals surface area contributed by atoms with Gasteiger partial charge >= 0.3 is 0 Å². The van der Waals surface area contributed by atoms with Crippen molar-refractivity contribution in [3.8, 4) is 11.5 Å². The Hall–Kier alpha value is -1.26. The number of benzene rings is 1. The first-order chi connectivity index (χ1) is 9.65. The molecular weight excluding hydrogens is 254 g/mol. The van der Waals surface area contributed by atoms with Crippen LogP contribution in [0.2, 0.25) is 0 Å². The molecule has 0 aliphatic carbocycles. The van der Waals surface area contributed by atoms with Crippen LogP contribution in [0.5, 0.6) is 11.5 Å². The first kappa shape index (κ1) is 16.8. The molecule has 4 heteroatoms. The highest BCUT2D eigenvalue weighted by molar-refractivity contribution is 5.41. The van der Waals surface area contributed by atoms with E-state index < -0.39 is 6.10 Å². The van der Waals surface area contributed by atoms with Crippen molar-refractivity contribution in [1.29, 1.82) is 0 Å². The summed E-state index contributed by atoms with van der Waals surface area (Å²) < 4.78 is 10.5. The van der Waals surface area contributed by atoms with E-state index in [2.05, 4.69) is 18.7 Å². The summed E-state index contributed by atoms with van der Waals surface area (Å²) in [4.78, 5) is 2.26. The maximum absolute atomic E-state index is 10.5. The zero-order chi connectivity index (χ0) is 15.0. The smallest absolute Gasteiger partial charge is 0.124 e. The molecule has 0 amide bonds. The molecule has 1 N–H and O–H groups in total. The van der Waals surface area contributed by atoms with Gasteiger partial charge in [-0.3, -0.25) is 0 Å². The quantitative estimate of drug-likeness (QED) is 0.756. The van der Waals surface area contributed by atoms with Crippen LogP contribution < -0.4 is 9.47 Å². The fraction of sp³-hybridized carbons (Fsp3) is 0.625. The van der Waals surface area contributed by atoms with Crippen molar-refractivity contribution in [2.45, 2.75) is 32.8 Å². The standard InChI is InChI=1S/C16H27NO3/c1-5-7-10-17(6-2)12-15(18)14-11-13(19-3)8-9-16(14)20-4/h8-9,11,15,18H,5-7,10,12H2,1-4H3. The topological polar surface area (TPSA) is 41.9 Å². The van der Waals surface area contributed by atoms with Gasteiger partial charge in [0.1, 0.15) is 11.5 Å². The van der Waals surface area contributed by atoms with Crippen LogP contribution in [0.25, 0.3) is 0 Å². The lowest BCUT2D eigenvalue weighted by molar-refractivity contribution is 0.112. The highest BCUT2D eigenvalue weighted by Gasteiger charge is 2.17. The van der Waals surface area contributed by atoms with E-state index in [1.54, 1.807) is 14.2 Å². The first-order valence-corrected chi connectivity index (χ1v) is 7.28. The molecule has 1 rings (SSSR count). The average Bonchev–Trinajstić information content (AvgIpc) is 2.50. The molecule has 4 nitrogen and oxygen atoms in total. The van der Waals surface area contributed by atoms with E-state index in [0.717, 1.165) is 37.2 Å². The van der Waals surface area contributed by atoms with Crippen LogP contribution in [0.3, 0.4) is 0 Å². The Morgan fingerprint density at radius 3 is 2.50 bits per heavy atom. The fourth-order valence-electron chi connectivity index (χ4n) is 2.20. The van der Waals surface area contributed by atoms with Gasteiger partial charge in [-0.25, -0.2) is 0 Å². The van der Waals surface area contributed by atoms with Gasteiger partial charge in [-0.2, -0.15) is 0 Å². The number of ether oxygens (including phenoxy) is 2. The van der Waals surface area contributed by atoms with Crippen molar-refractivity contribution >= 4 is 0 Å². The summed E-state index contributed by atoms with van der Waals surface area (Å²) in [5, 5.41) is 10.5. The summed E-state index contributed by atoms with van der Waals surface area (Å²) in [5.41, 5.74) is 0.779. The van der Waals surface area contributed by atoms with Crippen LogP contribution >= 0.6 is 0 Å². The molecule has 0 saturated heterocycles. The molecule has 1 aromatic rings. The maximum atomic E-state index is 10.5. The van der Waals surface area contributed by atoms with Crippen molar-refractivity contribution < 1.29 is 14.6 Å². The number of likely N-dealkylation sites (N-methyl/N-ethyl adjacent to an activating group) is 1. The predicted molar refractivity (Wildman–Crippen MR) is 81.5 cm³/mol. The van der Waals surface area contributed by atoms with Gasteiger partial charge < -0.3 is 19.5 Å². The van der Waals surface area contributed by atoms with Crippen LogP contribution in [-0.4, -0.2) is 43.9 Å². The molecule has 0 aromatic heterocycles. The molecule has 0 spiro atoms. The zero-order valence-corrected chi connectivity index (χ0v) is 13.1. The SMILES string of the molecule is CCCCN(CC)CC(O)c1cc(OC)ccc1OC. The summed E-state index contributed by atoms with van der Waals surface area (Å²) in [6.45, 7) is 6.85. The van der Waals surface area contributed by atoms with E-state index in [1.807, 2.05) is 18.2 Å². The van der Waals surface area contributed by atoms with Gasteiger partial charge in [-0.1, -0.05) is 20.3 Å². The van der Waals surface area contributed by atoms with Crippen molar-refractivity contribution in [2.24, 2.45) is 0 Å². The van der Waals surface area contributed by atoms with Crippen molar-refractivity contribution in [3.05, 3.63) is 23.8 Å². The van der Waals surface area contributed by atoms with Gasteiger partial charge in [0.05, 0.1) is 20.3 Å². The third-order valence-corrected chi connectivity index (χ3v) is 3.50. The van der Waals surface area contributed by atoms with Gasteiger partial charge in [-0.05, 0) is 37.7 Å². The Morgan fingerprint density at radius 2 is 1.95 bits per heavy atom. The Balaban J connectivity index is 2.81. The number of aliphatic hydroxyl groups is 1. The molecule has 0 heterocycles. The van der Waals surface area contributed by atoms with Gasteiger partial charge in [0.15, 0.2) is 0 Å². The lowest BCUT2D eigenvalue weighted by atomic mass is 10.1. The Labute approximate surface area is 122 Å². The minimum absolute atomic E-state index is 0.572.